The first-order valence-electron chi connectivity index (χ1n) is 9.59. The second-order valence-corrected chi connectivity index (χ2v) is 8.11. The Morgan fingerprint density at radius 1 is 1.22 bits per heavy atom. The van der Waals surface area contributed by atoms with E-state index in [4.69, 9.17) is 0 Å². The van der Waals surface area contributed by atoms with Crippen LogP contribution in [0.15, 0.2) is 16.9 Å². The highest BCUT2D eigenvalue weighted by Crippen LogP contribution is 2.28. The summed E-state index contributed by atoms with van der Waals surface area (Å²) in [5, 5.41) is 22.9. The van der Waals surface area contributed by atoms with E-state index in [1.54, 1.807) is 12.1 Å². The number of thiazole rings is 1. The van der Waals surface area contributed by atoms with Gasteiger partial charge in [0.05, 0.1) is 4.70 Å². The number of rotatable bonds is 7. The summed E-state index contributed by atoms with van der Waals surface area (Å²) in [6.45, 7) is 1.45. The van der Waals surface area contributed by atoms with Crippen molar-refractivity contribution in [2.75, 3.05) is 19.6 Å². The maximum absolute atomic E-state index is 11.6. The molecular weight excluding hydrogens is 366 g/mol. The van der Waals surface area contributed by atoms with E-state index < -0.39 is 6.09 Å². The second kappa shape index (κ2) is 9.23. The molecule has 1 amide bonds. The zero-order valence-electron chi connectivity index (χ0n) is 15.4. The van der Waals surface area contributed by atoms with Crippen LogP contribution < -0.4 is 10.2 Å². The Labute approximate surface area is 162 Å². The van der Waals surface area contributed by atoms with Crippen molar-refractivity contribution in [1.82, 2.24) is 15.2 Å². The first kappa shape index (κ1) is 19.7. The van der Waals surface area contributed by atoms with Crippen molar-refractivity contribution in [3.8, 4) is 5.75 Å². The van der Waals surface area contributed by atoms with Crippen LogP contribution in [-0.4, -0.2) is 51.9 Å². The van der Waals surface area contributed by atoms with Crippen molar-refractivity contribution in [3.05, 3.63) is 27.4 Å². The van der Waals surface area contributed by atoms with E-state index in [1.165, 1.54) is 43.4 Å². The molecule has 0 bridgehead atoms. The smallest absolute Gasteiger partial charge is 0.407 e. The number of nitrogens with one attached hydrogen (secondary N) is 2. The number of amides is 1. The van der Waals surface area contributed by atoms with Crippen LogP contribution in [0.2, 0.25) is 0 Å². The van der Waals surface area contributed by atoms with Crippen molar-refractivity contribution >= 4 is 27.6 Å². The number of phenols is 1. The van der Waals surface area contributed by atoms with E-state index in [1.807, 2.05) is 0 Å². The molecule has 1 fully saturated rings. The van der Waals surface area contributed by atoms with Crippen molar-refractivity contribution in [2.24, 2.45) is 0 Å². The first-order valence-corrected chi connectivity index (χ1v) is 10.4. The maximum atomic E-state index is 11.6. The fraction of sp³-hybridized carbons (Fsp3) is 0.579. The fourth-order valence-electron chi connectivity index (χ4n) is 3.72. The van der Waals surface area contributed by atoms with E-state index in [9.17, 15) is 19.8 Å². The molecular formula is C19H27N3O4S. The summed E-state index contributed by atoms with van der Waals surface area (Å²) >= 11 is 1.04. The van der Waals surface area contributed by atoms with E-state index >= 15 is 0 Å². The lowest BCUT2D eigenvalue weighted by Crippen LogP contribution is -2.40. The highest BCUT2D eigenvalue weighted by Gasteiger charge is 2.16. The lowest BCUT2D eigenvalue weighted by molar-refractivity contribution is 0.145. The monoisotopic (exact) mass is 393 g/mol. The van der Waals surface area contributed by atoms with Gasteiger partial charge in [-0.3, -0.25) is 4.79 Å². The highest BCUT2D eigenvalue weighted by atomic mass is 32.1. The third-order valence-electron chi connectivity index (χ3n) is 5.23. The number of carbonyl (C=O) groups is 1. The van der Waals surface area contributed by atoms with Gasteiger partial charge in [-0.15, -0.1) is 0 Å². The van der Waals surface area contributed by atoms with Crippen molar-refractivity contribution < 1.29 is 15.0 Å². The summed E-state index contributed by atoms with van der Waals surface area (Å²) in [6, 6.07) is 3.79. The van der Waals surface area contributed by atoms with E-state index in [0.717, 1.165) is 16.9 Å². The molecule has 27 heavy (non-hydrogen) atoms. The average Bonchev–Trinajstić information content (AvgIpc) is 2.86. The van der Waals surface area contributed by atoms with Crippen LogP contribution in [0.1, 0.15) is 44.1 Å². The van der Waals surface area contributed by atoms with Crippen LogP contribution >= 0.6 is 11.3 Å². The van der Waals surface area contributed by atoms with Gasteiger partial charge in [-0.2, -0.15) is 0 Å². The number of aromatic hydroxyl groups is 1. The van der Waals surface area contributed by atoms with Gasteiger partial charge in [0.15, 0.2) is 0 Å². The van der Waals surface area contributed by atoms with Crippen molar-refractivity contribution in [3.63, 3.8) is 0 Å². The zero-order valence-corrected chi connectivity index (χ0v) is 16.2. The van der Waals surface area contributed by atoms with Gasteiger partial charge < -0.3 is 25.4 Å². The molecule has 1 aromatic carbocycles. The van der Waals surface area contributed by atoms with Crippen LogP contribution in [0.3, 0.4) is 0 Å². The van der Waals surface area contributed by atoms with E-state index in [2.05, 4.69) is 10.3 Å². The quantitative estimate of drug-likeness (QED) is 0.541. The molecule has 4 N–H and O–H groups in total. The molecule has 148 valence electrons. The molecule has 0 spiro atoms. The Kier molecular flexibility index (Phi) is 6.73. The summed E-state index contributed by atoms with van der Waals surface area (Å²) in [5.74, 6) is 0.0368. The lowest BCUT2D eigenvalue weighted by Gasteiger charge is -2.22. The van der Waals surface area contributed by atoms with Crippen LogP contribution in [0.5, 0.6) is 5.75 Å². The third-order valence-corrected chi connectivity index (χ3v) is 6.19. The Hall–Kier alpha value is -2.06. The summed E-state index contributed by atoms with van der Waals surface area (Å²) in [4.78, 5) is 27.0. The summed E-state index contributed by atoms with van der Waals surface area (Å²) in [5.41, 5.74) is 1.30. The molecule has 2 aromatic rings. The number of aromatic nitrogens is 1. The molecule has 3 rings (SSSR count). The molecule has 1 saturated carbocycles. The Morgan fingerprint density at radius 3 is 2.67 bits per heavy atom. The number of carboxylic acid groups (broad SMARTS) is 1. The summed E-state index contributed by atoms with van der Waals surface area (Å²) < 4.78 is 0.696. The summed E-state index contributed by atoms with van der Waals surface area (Å²) in [6.07, 6.45) is 7.00. The molecule has 1 aliphatic rings. The maximum Gasteiger partial charge on any atom is 0.407 e. The van der Waals surface area contributed by atoms with Gasteiger partial charge in [0.1, 0.15) is 11.3 Å². The van der Waals surface area contributed by atoms with Crippen molar-refractivity contribution in [1.29, 1.82) is 0 Å². The van der Waals surface area contributed by atoms with Crippen LogP contribution in [-0.2, 0) is 6.42 Å². The van der Waals surface area contributed by atoms with Gasteiger partial charge in [0, 0.05) is 25.7 Å². The van der Waals surface area contributed by atoms with Gasteiger partial charge >= 0.3 is 11.0 Å². The van der Waals surface area contributed by atoms with Gasteiger partial charge in [0.2, 0.25) is 0 Å². The molecule has 1 heterocycles. The Morgan fingerprint density at radius 2 is 1.96 bits per heavy atom. The number of hydrogen-bond donors (Lipinski definition) is 4. The van der Waals surface area contributed by atoms with Gasteiger partial charge in [0.25, 0.3) is 0 Å². The molecule has 7 nitrogen and oxygen atoms in total. The van der Waals surface area contributed by atoms with Crippen LogP contribution in [0.25, 0.3) is 10.2 Å². The largest absolute Gasteiger partial charge is 0.506 e. The number of aromatic amines is 1. The molecule has 8 heteroatoms. The molecule has 0 aliphatic heterocycles. The topological polar surface area (TPSA) is 106 Å². The molecule has 0 saturated heterocycles. The Bertz CT molecular complexity index is 824. The number of H-pyrrole nitrogens is 1. The summed E-state index contributed by atoms with van der Waals surface area (Å²) in [7, 11) is 0. The highest BCUT2D eigenvalue weighted by molar-refractivity contribution is 7.16. The fourth-order valence-corrected chi connectivity index (χ4v) is 4.61. The predicted molar refractivity (Wildman–Crippen MR) is 107 cm³/mol. The minimum Gasteiger partial charge on any atom is -0.506 e. The minimum absolute atomic E-state index is 0.0368. The normalized spacial score (nSPS) is 15.7. The number of fused-ring (bicyclic) bond motifs is 1. The van der Waals surface area contributed by atoms with Gasteiger partial charge in [-0.05, 0) is 30.9 Å². The molecule has 0 radical (unpaired) electrons. The number of benzene rings is 1. The predicted octanol–water partition coefficient (Wildman–Crippen LogP) is 3.13. The van der Waals surface area contributed by atoms with Gasteiger partial charge in [-0.25, -0.2) is 4.79 Å². The Balaban J connectivity index is 1.56. The van der Waals surface area contributed by atoms with Crippen LogP contribution in [0, 0.1) is 0 Å². The zero-order chi connectivity index (χ0) is 19.2. The molecule has 0 atom stereocenters. The van der Waals surface area contributed by atoms with E-state index in [0.29, 0.717) is 42.3 Å². The van der Waals surface area contributed by atoms with Crippen LogP contribution in [0.4, 0.5) is 4.79 Å². The average molecular weight is 394 g/mol. The van der Waals surface area contributed by atoms with Crippen molar-refractivity contribution in [2.45, 2.75) is 51.0 Å². The number of hydrogen-bond acceptors (Lipinski definition) is 5. The second-order valence-electron chi connectivity index (χ2n) is 7.12. The SMILES string of the molecule is O=C(O)N(CCNC1CCCCCC1)CCc1ccc(O)c2[nH]c(=O)sc12. The van der Waals surface area contributed by atoms with Gasteiger partial charge in [-0.1, -0.05) is 43.1 Å². The lowest BCUT2D eigenvalue weighted by atomic mass is 10.1. The number of phenolic OH excluding ortho intramolecular Hbond substituents is 1. The minimum atomic E-state index is -0.935. The molecule has 0 unspecified atom stereocenters. The number of nitrogens with zero attached hydrogens (tertiary/aromatic N) is 1. The molecule has 1 aromatic heterocycles. The first-order chi connectivity index (χ1) is 13.0. The molecule has 1 aliphatic carbocycles. The standard InChI is InChI=1S/C19H27N3O4S/c23-15-8-7-13(17-16(15)21-18(24)27-17)9-11-22(19(25)26)12-10-20-14-5-3-1-2-4-6-14/h7-8,14,20,23H,1-6,9-12H2,(H,21,24)(H,25,26). The third kappa shape index (κ3) is 5.23. The van der Waals surface area contributed by atoms with E-state index in [-0.39, 0.29) is 10.6 Å².